The summed E-state index contributed by atoms with van der Waals surface area (Å²) in [7, 11) is 0. The molecular formula is C15H20N2O4. The lowest BCUT2D eigenvalue weighted by molar-refractivity contribution is -0.141. The van der Waals surface area contributed by atoms with Crippen LogP contribution in [0.1, 0.15) is 31.1 Å². The van der Waals surface area contributed by atoms with Gasteiger partial charge in [0.2, 0.25) is 5.91 Å². The summed E-state index contributed by atoms with van der Waals surface area (Å²) in [6.45, 7) is 4.93. The number of aliphatic carboxylic acids is 1. The third-order valence-electron chi connectivity index (χ3n) is 3.00. The molecule has 0 spiro atoms. The minimum atomic E-state index is -1.12. The first-order chi connectivity index (χ1) is 9.82. The number of carboxylic acid groups (broad SMARTS) is 1. The second kappa shape index (κ2) is 7.42. The zero-order valence-corrected chi connectivity index (χ0v) is 12.3. The van der Waals surface area contributed by atoms with Crippen molar-refractivity contribution in [2.75, 3.05) is 0 Å². The number of carbonyl (C=O) groups excluding carboxylic acids is 2. The summed E-state index contributed by atoms with van der Waals surface area (Å²) < 4.78 is 0. The number of rotatable bonds is 6. The van der Waals surface area contributed by atoms with E-state index in [0.29, 0.717) is 5.56 Å². The Balaban J connectivity index is 2.76. The maximum Gasteiger partial charge on any atom is 0.325 e. The normalized spacial score (nSPS) is 13.3. The van der Waals surface area contributed by atoms with Crippen molar-refractivity contribution in [2.24, 2.45) is 5.92 Å². The Morgan fingerprint density at radius 2 is 1.57 bits per heavy atom. The van der Waals surface area contributed by atoms with Crippen LogP contribution in [0, 0.1) is 5.92 Å². The lowest BCUT2D eigenvalue weighted by atomic mass is 10.0. The van der Waals surface area contributed by atoms with E-state index in [4.69, 9.17) is 5.11 Å². The van der Waals surface area contributed by atoms with Crippen LogP contribution in [-0.4, -0.2) is 35.0 Å². The van der Waals surface area contributed by atoms with E-state index in [-0.39, 0.29) is 11.8 Å². The van der Waals surface area contributed by atoms with Crippen LogP contribution < -0.4 is 10.6 Å². The third-order valence-corrected chi connectivity index (χ3v) is 3.00. The van der Waals surface area contributed by atoms with Crippen molar-refractivity contribution in [2.45, 2.75) is 32.9 Å². The van der Waals surface area contributed by atoms with Crippen molar-refractivity contribution in [1.82, 2.24) is 10.6 Å². The van der Waals surface area contributed by atoms with Gasteiger partial charge in [-0.1, -0.05) is 32.0 Å². The average Bonchev–Trinajstić information content (AvgIpc) is 2.44. The van der Waals surface area contributed by atoms with Crippen LogP contribution in [0.5, 0.6) is 0 Å². The van der Waals surface area contributed by atoms with Crippen molar-refractivity contribution in [3.63, 3.8) is 0 Å². The summed E-state index contributed by atoms with van der Waals surface area (Å²) >= 11 is 0. The van der Waals surface area contributed by atoms with Crippen LogP contribution in [0.2, 0.25) is 0 Å². The van der Waals surface area contributed by atoms with E-state index in [2.05, 4.69) is 10.6 Å². The second-order valence-electron chi connectivity index (χ2n) is 5.13. The average molecular weight is 292 g/mol. The van der Waals surface area contributed by atoms with E-state index in [0.717, 1.165) is 0 Å². The van der Waals surface area contributed by atoms with Gasteiger partial charge in [-0.3, -0.25) is 14.4 Å². The number of benzene rings is 1. The number of hydrogen-bond acceptors (Lipinski definition) is 3. The number of amides is 2. The Kier molecular flexibility index (Phi) is 5.90. The van der Waals surface area contributed by atoms with Crippen molar-refractivity contribution >= 4 is 17.8 Å². The molecule has 0 aliphatic heterocycles. The molecule has 0 saturated carbocycles. The molecule has 21 heavy (non-hydrogen) atoms. The lowest BCUT2D eigenvalue weighted by Gasteiger charge is -2.23. The Hall–Kier alpha value is -2.37. The van der Waals surface area contributed by atoms with Gasteiger partial charge in [0.15, 0.2) is 0 Å². The molecule has 114 valence electrons. The van der Waals surface area contributed by atoms with E-state index in [1.807, 2.05) is 0 Å². The van der Waals surface area contributed by atoms with E-state index < -0.39 is 24.0 Å². The molecule has 1 aromatic carbocycles. The highest BCUT2D eigenvalue weighted by Crippen LogP contribution is 2.05. The van der Waals surface area contributed by atoms with Gasteiger partial charge in [-0.15, -0.1) is 0 Å². The fourth-order valence-electron chi connectivity index (χ4n) is 1.71. The highest BCUT2D eigenvalue weighted by molar-refractivity contribution is 5.98. The van der Waals surface area contributed by atoms with Gasteiger partial charge >= 0.3 is 5.97 Å². The summed E-state index contributed by atoms with van der Waals surface area (Å²) in [5.74, 6) is -2.17. The van der Waals surface area contributed by atoms with Gasteiger partial charge in [-0.05, 0) is 25.0 Å². The van der Waals surface area contributed by atoms with Crippen LogP contribution in [0.3, 0.4) is 0 Å². The highest BCUT2D eigenvalue weighted by atomic mass is 16.4. The van der Waals surface area contributed by atoms with E-state index in [1.54, 1.807) is 44.2 Å². The molecule has 0 aliphatic carbocycles. The van der Waals surface area contributed by atoms with Crippen molar-refractivity contribution in [3.05, 3.63) is 35.9 Å². The van der Waals surface area contributed by atoms with Crippen LogP contribution >= 0.6 is 0 Å². The largest absolute Gasteiger partial charge is 0.480 e. The van der Waals surface area contributed by atoms with E-state index >= 15 is 0 Å². The minimum absolute atomic E-state index is 0.168. The number of nitrogens with one attached hydrogen (secondary N) is 2. The Morgan fingerprint density at radius 3 is 2.05 bits per heavy atom. The molecule has 0 saturated heterocycles. The van der Waals surface area contributed by atoms with Crippen molar-refractivity contribution < 1.29 is 19.5 Å². The van der Waals surface area contributed by atoms with Crippen LogP contribution in [0.25, 0.3) is 0 Å². The summed E-state index contributed by atoms with van der Waals surface area (Å²) in [4.78, 5) is 34.9. The minimum Gasteiger partial charge on any atom is -0.480 e. The molecule has 2 amide bonds. The highest BCUT2D eigenvalue weighted by Gasteiger charge is 2.27. The van der Waals surface area contributed by atoms with Gasteiger partial charge in [0, 0.05) is 5.56 Å². The van der Waals surface area contributed by atoms with Gasteiger partial charge in [0.1, 0.15) is 12.1 Å². The molecule has 0 unspecified atom stereocenters. The van der Waals surface area contributed by atoms with Crippen molar-refractivity contribution in [1.29, 1.82) is 0 Å². The molecule has 0 heterocycles. The Morgan fingerprint density at radius 1 is 1.00 bits per heavy atom. The quantitative estimate of drug-likeness (QED) is 0.729. The number of hydrogen-bond donors (Lipinski definition) is 3. The maximum absolute atomic E-state index is 12.1. The Bertz CT molecular complexity index is 514. The molecule has 0 bridgehead atoms. The number of carbonyl (C=O) groups is 3. The molecule has 6 heteroatoms. The Labute approximate surface area is 123 Å². The van der Waals surface area contributed by atoms with Gasteiger partial charge in [0.25, 0.3) is 5.91 Å². The molecule has 0 fully saturated rings. The fraction of sp³-hybridized carbons (Fsp3) is 0.400. The SMILES string of the molecule is CC(C)[C@H](NC(=O)c1ccccc1)C(=O)N[C@@H](C)C(=O)O. The zero-order valence-electron chi connectivity index (χ0n) is 12.3. The molecule has 1 aromatic rings. The molecule has 0 aromatic heterocycles. The van der Waals surface area contributed by atoms with Crippen LogP contribution in [0.15, 0.2) is 30.3 Å². The standard InChI is InChI=1S/C15H20N2O4/c1-9(2)12(14(19)16-10(3)15(20)21)17-13(18)11-7-5-4-6-8-11/h4-10,12H,1-3H3,(H,16,19)(H,17,18)(H,20,21)/t10-,12-/m0/s1. The maximum atomic E-state index is 12.1. The first kappa shape index (κ1) is 16.7. The molecular weight excluding hydrogens is 272 g/mol. The third kappa shape index (κ3) is 4.91. The topological polar surface area (TPSA) is 95.5 Å². The van der Waals surface area contributed by atoms with Crippen molar-refractivity contribution in [3.8, 4) is 0 Å². The summed E-state index contributed by atoms with van der Waals surface area (Å²) in [6.07, 6.45) is 0. The first-order valence-corrected chi connectivity index (χ1v) is 6.72. The number of carboxylic acids is 1. The molecule has 2 atom stereocenters. The van der Waals surface area contributed by atoms with Gasteiger partial charge in [-0.2, -0.15) is 0 Å². The zero-order chi connectivity index (χ0) is 16.0. The second-order valence-corrected chi connectivity index (χ2v) is 5.13. The van der Waals surface area contributed by atoms with Crippen LogP contribution in [-0.2, 0) is 9.59 Å². The van der Waals surface area contributed by atoms with Gasteiger partial charge < -0.3 is 15.7 Å². The fourth-order valence-corrected chi connectivity index (χ4v) is 1.71. The smallest absolute Gasteiger partial charge is 0.325 e. The van der Waals surface area contributed by atoms with Gasteiger partial charge in [0.05, 0.1) is 0 Å². The van der Waals surface area contributed by atoms with Crippen LogP contribution in [0.4, 0.5) is 0 Å². The molecule has 0 aliphatic rings. The predicted octanol–water partition coefficient (Wildman–Crippen LogP) is 1.03. The van der Waals surface area contributed by atoms with E-state index in [9.17, 15) is 14.4 Å². The first-order valence-electron chi connectivity index (χ1n) is 6.72. The summed E-state index contributed by atoms with van der Waals surface area (Å²) in [6, 6.07) is 6.73. The lowest BCUT2D eigenvalue weighted by Crippen LogP contribution is -2.53. The van der Waals surface area contributed by atoms with Gasteiger partial charge in [-0.25, -0.2) is 0 Å². The summed E-state index contributed by atoms with van der Waals surface area (Å²) in [5, 5.41) is 13.8. The molecule has 3 N–H and O–H groups in total. The predicted molar refractivity (Wildman–Crippen MR) is 77.8 cm³/mol. The molecule has 0 radical (unpaired) electrons. The molecule has 1 rings (SSSR count). The monoisotopic (exact) mass is 292 g/mol. The van der Waals surface area contributed by atoms with E-state index in [1.165, 1.54) is 6.92 Å². The summed E-state index contributed by atoms with van der Waals surface area (Å²) in [5.41, 5.74) is 0.447. The molecule has 6 nitrogen and oxygen atoms in total.